The van der Waals surface area contributed by atoms with Gasteiger partial charge in [-0.2, -0.15) is 0 Å². The number of benzene rings is 4. The Labute approximate surface area is 275 Å². The molecule has 4 aromatic rings. The lowest BCUT2D eigenvalue weighted by atomic mass is 10.0. The molecule has 0 aliphatic heterocycles. The van der Waals surface area contributed by atoms with Crippen LogP contribution in [-0.2, 0) is 39.0 Å². The number of halogens is 1. The van der Waals surface area contributed by atoms with E-state index in [1.807, 2.05) is 87.5 Å². The van der Waals surface area contributed by atoms with Crippen molar-refractivity contribution in [3.8, 4) is 0 Å². The zero-order valence-electron chi connectivity index (χ0n) is 25.9. The van der Waals surface area contributed by atoms with Crippen LogP contribution >= 0.6 is 15.9 Å². The fourth-order valence-electron chi connectivity index (χ4n) is 4.97. The molecule has 0 aliphatic rings. The molecule has 236 valence electrons. The summed E-state index contributed by atoms with van der Waals surface area (Å²) in [6.45, 7) is 5.55. The van der Waals surface area contributed by atoms with Crippen molar-refractivity contribution in [2.75, 3.05) is 10.8 Å². The zero-order valence-corrected chi connectivity index (χ0v) is 28.3. The Morgan fingerprint density at radius 2 is 1.42 bits per heavy atom. The Bertz CT molecular complexity index is 1670. The molecule has 0 heterocycles. The molecule has 0 spiro atoms. The van der Waals surface area contributed by atoms with Crippen molar-refractivity contribution >= 4 is 43.5 Å². The van der Waals surface area contributed by atoms with Crippen LogP contribution in [0.3, 0.4) is 0 Å². The number of nitrogens with one attached hydrogen (secondary N) is 1. The number of aryl methyl sites for hydroxylation is 1. The van der Waals surface area contributed by atoms with E-state index in [0.717, 1.165) is 38.3 Å². The van der Waals surface area contributed by atoms with Crippen LogP contribution in [0, 0.1) is 0 Å². The van der Waals surface area contributed by atoms with Crippen molar-refractivity contribution in [2.45, 2.75) is 63.6 Å². The molecule has 0 saturated carbocycles. The topological polar surface area (TPSA) is 86.8 Å². The number of hydrogen-bond acceptors (Lipinski definition) is 4. The van der Waals surface area contributed by atoms with Gasteiger partial charge in [0.2, 0.25) is 11.8 Å². The van der Waals surface area contributed by atoms with Crippen molar-refractivity contribution in [3.05, 3.63) is 130 Å². The first-order chi connectivity index (χ1) is 21.6. The number of carbonyl (C=O) groups is 2. The summed E-state index contributed by atoms with van der Waals surface area (Å²) in [7, 11) is -4.13. The number of rotatable bonds is 14. The first-order valence-corrected chi connectivity index (χ1v) is 17.4. The predicted octanol–water partition coefficient (Wildman–Crippen LogP) is 6.76. The Morgan fingerprint density at radius 3 is 2.02 bits per heavy atom. The monoisotopic (exact) mass is 689 g/mol. The minimum absolute atomic E-state index is 0.0752. The fraction of sp³-hybridized carbons (Fsp3) is 0.278. The van der Waals surface area contributed by atoms with Crippen molar-refractivity contribution in [1.29, 1.82) is 0 Å². The summed E-state index contributed by atoms with van der Waals surface area (Å²) < 4.78 is 30.2. The quantitative estimate of drug-likeness (QED) is 0.159. The van der Waals surface area contributed by atoms with Gasteiger partial charge in [-0.15, -0.1) is 0 Å². The number of anilines is 1. The van der Waals surface area contributed by atoms with E-state index in [1.54, 1.807) is 30.3 Å². The smallest absolute Gasteiger partial charge is 0.264 e. The van der Waals surface area contributed by atoms with Crippen LogP contribution in [0.15, 0.2) is 119 Å². The molecule has 4 rings (SSSR count). The molecule has 0 fully saturated rings. The highest BCUT2D eigenvalue weighted by Crippen LogP contribution is 2.26. The molecule has 7 nitrogen and oxygen atoms in total. The van der Waals surface area contributed by atoms with Gasteiger partial charge in [-0.05, 0) is 72.9 Å². The lowest BCUT2D eigenvalue weighted by Crippen LogP contribution is -2.54. The number of carbonyl (C=O) groups excluding carboxylic acids is 2. The Morgan fingerprint density at radius 1 is 0.800 bits per heavy atom. The van der Waals surface area contributed by atoms with E-state index < -0.39 is 28.5 Å². The van der Waals surface area contributed by atoms with E-state index in [0.29, 0.717) is 5.69 Å². The molecule has 45 heavy (non-hydrogen) atoms. The van der Waals surface area contributed by atoms with Crippen molar-refractivity contribution in [2.24, 2.45) is 0 Å². The molecule has 9 heteroatoms. The van der Waals surface area contributed by atoms with E-state index in [4.69, 9.17) is 0 Å². The average Bonchev–Trinajstić information content (AvgIpc) is 3.06. The standard InChI is InChI=1S/C36H40BrN3O4S/c1-4-27(3)38-36(42)34(24-29-13-8-6-9-14-29)39(25-30-15-12-16-31(37)23-30)35(41)26-40(32-21-19-28(5-2)20-22-32)45(43,44)33-17-10-7-11-18-33/h6-23,27,34H,4-5,24-26H2,1-3H3,(H,38,42). The second kappa shape index (κ2) is 15.9. The average molecular weight is 691 g/mol. The molecule has 0 saturated heterocycles. The van der Waals surface area contributed by atoms with Gasteiger partial charge >= 0.3 is 0 Å². The summed E-state index contributed by atoms with van der Waals surface area (Å²) >= 11 is 3.52. The predicted molar refractivity (Wildman–Crippen MR) is 183 cm³/mol. The lowest BCUT2D eigenvalue weighted by molar-refractivity contribution is -0.140. The van der Waals surface area contributed by atoms with E-state index in [9.17, 15) is 18.0 Å². The van der Waals surface area contributed by atoms with Crippen LogP contribution in [0.2, 0.25) is 0 Å². The van der Waals surface area contributed by atoms with Crippen LogP contribution in [0.1, 0.15) is 43.9 Å². The van der Waals surface area contributed by atoms with E-state index >= 15 is 0 Å². The maximum Gasteiger partial charge on any atom is 0.264 e. The minimum atomic E-state index is -4.13. The number of nitrogens with zero attached hydrogens (tertiary/aromatic N) is 2. The summed E-state index contributed by atoms with van der Waals surface area (Å²) in [4.78, 5) is 30.0. The van der Waals surface area contributed by atoms with Gasteiger partial charge in [0.1, 0.15) is 12.6 Å². The van der Waals surface area contributed by atoms with Gasteiger partial charge < -0.3 is 10.2 Å². The van der Waals surface area contributed by atoms with E-state index in [-0.39, 0.29) is 29.8 Å². The first-order valence-electron chi connectivity index (χ1n) is 15.2. The molecule has 0 aliphatic carbocycles. The molecule has 0 bridgehead atoms. The summed E-state index contributed by atoms with van der Waals surface area (Å²) in [6.07, 6.45) is 1.78. The molecule has 0 radical (unpaired) electrons. The van der Waals surface area contributed by atoms with Gasteiger partial charge in [0, 0.05) is 23.5 Å². The van der Waals surface area contributed by atoms with E-state index in [2.05, 4.69) is 21.2 Å². The second-order valence-corrected chi connectivity index (χ2v) is 13.8. The van der Waals surface area contributed by atoms with Gasteiger partial charge in [0.25, 0.3) is 10.0 Å². The Balaban J connectivity index is 1.80. The maximum absolute atomic E-state index is 14.5. The molecule has 1 N–H and O–H groups in total. The largest absolute Gasteiger partial charge is 0.352 e. The minimum Gasteiger partial charge on any atom is -0.352 e. The van der Waals surface area contributed by atoms with Gasteiger partial charge in [-0.25, -0.2) is 8.42 Å². The summed E-state index contributed by atoms with van der Waals surface area (Å²) in [5.74, 6) is -0.782. The highest BCUT2D eigenvalue weighted by atomic mass is 79.9. The van der Waals surface area contributed by atoms with Gasteiger partial charge in [-0.1, -0.05) is 103 Å². The van der Waals surface area contributed by atoms with Crippen molar-refractivity contribution in [3.63, 3.8) is 0 Å². The fourth-order valence-corrected chi connectivity index (χ4v) is 6.86. The summed E-state index contributed by atoms with van der Waals surface area (Å²) in [5.41, 5.74) is 3.10. The molecule has 4 aromatic carbocycles. The molecule has 2 amide bonds. The third kappa shape index (κ3) is 9.05. The molecule has 2 atom stereocenters. The van der Waals surface area contributed by atoms with Crippen LogP contribution in [-0.4, -0.2) is 43.8 Å². The second-order valence-electron chi connectivity index (χ2n) is 11.0. The van der Waals surface area contributed by atoms with Crippen molar-refractivity contribution in [1.82, 2.24) is 10.2 Å². The van der Waals surface area contributed by atoms with Crippen molar-refractivity contribution < 1.29 is 18.0 Å². The third-order valence-corrected chi connectivity index (χ3v) is 10.0. The van der Waals surface area contributed by atoms with Crippen LogP contribution < -0.4 is 9.62 Å². The number of amides is 2. The third-order valence-electron chi connectivity index (χ3n) is 7.76. The van der Waals surface area contributed by atoms with Crippen LogP contribution in [0.25, 0.3) is 0 Å². The SMILES string of the molecule is CCc1ccc(N(CC(=O)N(Cc2cccc(Br)c2)C(Cc2ccccc2)C(=O)NC(C)CC)S(=O)(=O)c2ccccc2)cc1. The van der Waals surface area contributed by atoms with Crippen LogP contribution in [0.5, 0.6) is 0 Å². The Hall–Kier alpha value is -3.95. The summed E-state index contributed by atoms with van der Waals surface area (Å²) in [5, 5.41) is 3.06. The van der Waals surface area contributed by atoms with E-state index in [1.165, 1.54) is 17.0 Å². The van der Waals surface area contributed by atoms with Gasteiger partial charge in [-0.3, -0.25) is 13.9 Å². The highest BCUT2D eigenvalue weighted by Gasteiger charge is 2.35. The molecular weight excluding hydrogens is 650 g/mol. The molecule has 0 aromatic heterocycles. The lowest BCUT2D eigenvalue weighted by Gasteiger charge is -2.34. The normalized spacial score (nSPS) is 12.6. The van der Waals surface area contributed by atoms with Crippen LogP contribution in [0.4, 0.5) is 5.69 Å². The zero-order chi connectivity index (χ0) is 32.4. The number of hydrogen-bond donors (Lipinski definition) is 1. The molecular formula is C36H40BrN3O4S. The molecule has 2 unspecified atom stereocenters. The van der Waals surface area contributed by atoms with Gasteiger partial charge in [0.15, 0.2) is 0 Å². The Kier molecular flexibility index (Phi) is 12.0. The summed E-state index contributed by atoms with van der Waals surface area (Å²) in [6, 6.07) is 31.4. The maximum atomic E-state index is 14.5. The highest BCUT2D eigenvalue weighted by molar-refractivity contribution is 9.10. The first kappa shape index (κ1) is 33.9. The number of sulfonamides is 1. The van der Waals surface area contributed by atoms with Gasteiger partial charge in [0.05, 0.1) is 10.6 Å².